The molecular formula is C79H122. The monoisotopic (exact) mass is 1070 g/mol. The van der Waals surface area contributed by atoms with Crippen LogP contribution in [0.1, 0.15) is 270 Å². The lowest BCUT2D eigenvalue weighted by Gasteiger charge is -2.70. The highest BCUT2D eigenvalue weighted by Crippen LogP contribution is 2.75. The third kappa shape index (κ3) is 7.89. The molecule has 0 amide bonds. The summed E-state index contributed by atoms with van der Waals surface area (Å²) in [6.07, 6.45) is 68.6. The molecule has 0 nitrogen and oxygen atoms in total. The van der Waals surface area contributed by atoms with Crippen molar-refractivity contribution in [1.29, 1.82) is 0 Å². The number of hydrogen-bond acceptors (Lipinski definition) is 0. The minimum absolute atomic E-state index is 1.07. The summed E-state index contributed by atoms with van der Waals surface area (Å²) >= 11 is 0. The highest BCUT2D eigenvalue weighted by molar-refractivity contribution is 5.17. The van der Waals surface area contributed by atoms with Crippen molar-refractivity contribution >= 4 is 0 Å². The first-order valence-corrected chi connectivity index (χ1v) is 39.1. The summed E-state index contributed by atoms with van der Waals surface area (Å²) in [6, 6.07) is 0. The van der Waals surface area contributed by atoms with Crippen molar-refractivity contribution in [3.05, 3.63) is 0 Å². The van der Waals surface area contributed by atoms with Crippen LogP contribution in [0, 0.1) is 219 Å². The lowest BCUT2D eigenvalue weighted by atomic mass is 9.35. The number of hydrogen-bond donors (Lipinski definition) is 0. The van der Waals surface area contributed by atoms with Crippen LogP contribution in [0.4, 0.5) is 0 Å². The van der Waals surface area contributed by atoms with Gasteiger partial charge in [0.05, 0.1) is 0 Å². The molecule has 0 aromatic rings. The van der Waals surface area contributed by atoms with E-state index in [1.165, 1.54) is 6.42 Å². The Morgan fingerprint density at radius 3 is 0.975 bits per heavy atom. The average Bonchev–Trinajstić information content (AvgIpc) is 3.56. The van der Waals surface area contributed by atoms with Crippen LogP contribution in [0.5, 0.6) is 0 Å². The molecule has 19 aliphatic rings. The van der Waals surface area contributed by atoms with Crippen molar-refractivity contribution < 1.29 is 0 Å². The smallest absolute Gasteiger partial charge is 0.0349 e. The quantitative estimate of drug-likeness (QED) is 0.246. The SMILES string of the molecule is CC[C@H]1CCC2CCCCC3CCCC4CC5C6CCCCC6C6CC7C8CC9C%10CCCCC%10C%10CC%11CCC%12CCC%13CCCC%14CCC%15C(C%14)C%14CC(C8CC9C%10CC%11C%12C%13)C(CC%14C8CC2C1CC%158)C7CC6C5CC34. The zero-order valence-corrected chi connectivity index (χ0v) is 51.4. The summed E-state index contributed by atoms with van der Waals surface area (Å²) < 4.78 is 0. The van der Waals surface area contributed by atoms with Crippen molar-refractivity contribution in [2.24, 2.45) is 219 Å². The van der Waals surface area contributed by atoms with Crippen LogP contribution in [-0.4, -0.2) is 0 Å². The molecule has 438 valence electrons. The molecule has 0 N–H and O–H groups in total. The van der Waals surface area contributed by atoms with Gasteiger partial charge in [0.15, 0.2) is 0 Å². The van der Waals surface area contributed by atoms with Crippen molar-refractivity contribution in [3.8, 4) is 0 Å². The maximum Gasteiger partial charge on any atom is -0.0349 e. The molecule has 0 radical (unpaired) electrons. The van der Waals surface area contributed by atoms with E-state index in [0.717, 1.165) is 219 Å². The molecule has 79 heavy (non-hydrogen) atoms. The molecule has 0 spiro atoms. The zero-order chi connectivity index (χ0) is 51.4. The Morgan fingerprint density at radius 2 is 0.443 bits per heavy atom. The molecule has 0 aliphatic heterocycles. The van der Waals surface area contributed by atoms with Crippen molar-refractivity contribution in [3.63, 3.8) is 0 Å². The molecule has 19 saturated carbocycles. The highest BCUT2D eigenvalue weighted by Gasteiger charge is 2.68. The molecule has 0 heteroatoms. The van der Waals surface area contributed by atoms with Crippen LogP contribution < -0.4 is 0 Å². The molecule has 37 atom stereocenters. The molecule has 0 aromatic carbocycles. The zero-order valence-electron chi connectivity index (χ0n) is 51.4. The van der Waals surface area contributed by atoms with Crippen LogP contribution in [0.2, 0.25) is 0 Å². The summed E-state index contributed by atoms with van der Waals surface area (Å²) in [5, 5.41) is 0. The van der Waals surface area contributed by atoms with Gasteiger partial charge in [0.25, 0.3) is 0 Å². The van der Waals surface area contributed by atoms with E-state index < -0.39 is 0 Å². The normalized spacial score (nSPS) is 62.9. The van der Waals surface area contributed by atoms with Crippen LogP contribution in [0.3, 0.4) is 0 Å². The molecule has 0 heterocycles. The summed E-state index contributed by atoms with van der Waals surface area (Å²) in [6.45, 7) is 2.67. The van der Waals surface area contributed by atoms with Gasteiger partial charge in [-0.15, -0.1) is 0 Å². The van der Waals surface area contributed by atoms with Gasteiger partial charge >= 0.3 is 0 Å². The fraction of sp³-hybridized carbons (Fsp3) is 1.00. The van der Waals surface area contributed by atoms with E-state index >= 15 is 0 Å². The first-order chi connectivity index (χ1) is 39.1. The molecule has 36 unspecified atom stereocenters. The Bertz CT molecular complexity index is 2200. The lowest BCUT2D eigenvalue weighted by molar-refractivity contribution is -0.216. The number of rotatable bonds is 1. The van der Waals surface area contributed by atoms with Crippen molar-refractivity contribution in [1.82, 2.24) is 0 Å². The van der Waals surface area contributed by atoms with Gasteiger partial charge in [-0.2, -0.15) is 0 Å². The molecule has 0 aromatic heterocycles. The van der Waals surface area contributed by atoms with E-state index in [2.05, 4.69) is 6.92 Å². The van der Waals surface area contributed by atoms with E-state index in [-0.39, 0.29) is 0 Å². The maximum atomic E-state index is 2.67. The first kappa shape index (κ1) is 51.1. The summed E-state index contributed by atoms with van der Waals surface area (Å²) in [5.74, 6) is 41.6. The highest BCUT2D eigenvalue weighted by atomic mass is 14.7. The van der Waals surface area contributed by atoms with Gasteiger partial charge in [-0.05, 0) is 373 Å². The predicted molar refractivity (Wildman–Crippen MR) is 324 cm³/mol. The van der Waals surface area contributed by atoms with Crippen LogP contribution in [-0.2, 0) is 0 Å². The standard InChI is InChI=1S/C79H122/c1-2-45-24-25-47-14-4-3-13-46-15-10-16-49-31-62-51-17-5-7-19-53(51)65-37-73-74-38-66-54-20-8-6-18-52(54)63-32-50-27-26-48-23-21-43-11-9-12-44-22-28-55-61(30-44)70-39-76(78(74)41-72(66)68(63)36-60(50)57(48)29-43)79(77(73)40-71(65)67(62)33-56(46)49)42-75(70)69-35-59(47)58(45)34-64(55)69/h43-79H,2-42H2,1H3/t43?,44?,45-,46?,47?,48?,49?,50?,51?,52?,53?,54?,55?,56?,57?,58?,59?,60?,61?,62?,63?,64?,65?,66?,67?,68?,69?,70?,71?,72?,73?,74?,75?,76?,77?,78?,79?/m0/s1. The van der Waals surface area contributed by atoms with Gasteiger partial charge < -0.3 is 0 Å². The van der Waals surface area contributed by atoms with E-state index in [0.29, 0.717) is 0 Å². The second-order valence-corrected chi connectivity index (χ2v) is 37.3. The molecule has 19 fully saturated rings. The molecule has 0 saturated heterocycles. The van der Waals surface area contributed by atoms with Gasteiger partial charge in [0.2, 0.25) is 0 Å². The maximum absolute atomic E-state index is 2.67. The van der Waals surface area contributed by atoms with Crippen molar-refractivity contribution in [2.45, 2.75) is 270 Å². The fourth-order valence-electron chi connectivity index (χ4n) is 34.3. The summed E-state index contributed by atoms with van der Waals surface area (Å²) in [7, 11) is 0. The van der Waals surface area contributed by atoms with E-state index in [1.54, 1.807) is 257 Å². The fourth-order valence-corrected chi connectivity index (χ4v) is 34.3. The van der Waals surface area contributed by atoms with Gasteiger partial charge in [-0.1, -0.05) is 116 Å². The van der Waals surface area contributed by atoms with Gasteiger partial charge in [0, 0.05) is 0 Å². The minimum Gasteiger partial charge on any atom is -0.0651 e. The molecule has 19 rings (SSSR count). The third-order valence-electron chi connectivity index (χ3n) is 36.4. The average molecular weight is 1070 g/mol. The summed E-state index contributed by atoms with van der Waals surface area (Å²) in [4.78, 5) is 0. The Labute approximate surface area is 486 Å². The largest absolute Gasteiger partial charge is 0.0651 e. The number of fused-ring (bicyclic) bond motifs is 10. The van der Waals surface area contributed by atoms with Crippen LogP contribution in [0.15, 0.2) is 0 Å². The van der Waals surface area contributed by atoms with E-state index in [9.17, 15) is 0 Å². The third-order valence-corrected chi connectivity index (χ3v) is 36.4. The summed E-state index contributed by atoms with van der Waals surface area (Å²) in [5.41, 5.74) is 0. The predicted octanol–water partition coefficient (Wildman–Crippen LogP) is 21.1. The second-order valence-electron chi connectivity index (χ2n) is 37.3. The Balaban J connectivity index is 0.751. The Hall–Kier alpha value is 0. The van der Waals surface area contributed by atoms with Crippen molar-refractivity contribution in [2.75, 3.05) is 0 Å². The minimum atomic E-state index is 1.07. The second kappa shape index (κ2) is 20.0. The molecule has 18 bridgehead atoms. The Kier molecular flexibility index (Phi) is 12.9. The molecular weight excluding hydrogens is 949 g/mol. The Morgan fingerprint density at radius 1 is 0.165 bits per heavy atom. The topological polar surface area (TPSA) is 0 Å². The van der Waals surface area contributed by atoms with Gasteiger partial charge in [-0.25, -0.2) is 0 Å². The van der Waals surface area contributed by atoms with Gasteiger partial charge in [-0.3, -0.25) is 0 Å². The van der Waals surface area contributed by atoms with Crippen LogP contribution >= 0.6 is 0 Å². The van der Waals surface area contributed by atoms with Gasteiger partial charge in [0.1, 0.15) is 0 Å². The first-order valence-electron chi connectivity index (χ1n) is 39.1. The molecule has 19 aliphatic carbocycles. The lowest BCUT2D eigenvalue weighted by Crippen LogP contribution is -2.63. The van der Waals surface area contributed by atoms with Crippen LogP contribution in [0.25, 0.3) is 0 Å². The van der Waals surface area contributed by atoms with E-state index in [4.69, 9.17) is 0 Å². The van der Waals surface area contributed by atoms with E-state index in [1.807, 2.05) is 0 Å².